The van der Waals surface area contributed by atoms with E-state index in [0.717, 1.165) is 24.3 Å². The molecular formula is C16H24N2O. The van der Waals surface area contributed by atoms with Crippen LogP contribution >= 0.6 is 0 Å². The molecule has 3 N–H and O–H groups in total. The van der Waals surface area contributed by atoms with Crippen molar-refractivity contribution in [2.24, 2.45) is 5.92 Å². The SMILES string of the molecule is Cc1c(N)cccc1C(=O)NC1CCCC(C)CC1. The van der Waals surface area contributed by atoms with Crippen LogP contribution in [0.4, 0.5) is 5.69 Å². The molecule has 1 aliphatic rings. The van der Waals surface area contributed by atoms with Gasteiger partial charge in [0.15, 0.2) is 0 Å². The third-order valence-corrected chi connectivity index (χ3v) is 4.21. The summed E-state index contributed by atoms with van der Waals surface area (Å²) in [5, 5.41) is 3.17. The molecule has 1 aromatic carbocycles. The van der Waals surface area contributed by atoms with E-state index in [0.29, 0.717) is 17.3 Å². The van der Waals surface area contributed by atoms with Crippen molar-refractivity contribution >= 4 is 11.6 Å². The quantitative estimate of drug-likeness (QED) is 0.633. The highest BCUT2D eigenvalue weighted by Crippen LogP contribution is 2.23. The van der Waals surface area contributed by atoms with Crippen molar-refractivity contribution in [1.29, 1.82) is 0 Å². The van der Waals surface area contributed by atoms with E-state index in [1.807, 2.05) is 25.1 Å². The van der Waals surface area contributed by atoms with Gasteiger partial charge < -0.3 is 11.1 Å². The van der Waals surface area contributed by atoms with Crippen LogP contribution in [0.2, 0.25) is 0 Å². The van der Waals surface area contributed by atoms with Crippen LogP contribution < -0.4 is 11.1 Å². The maximum atomic E-state index is 12.3. The fourth-order valence-corrected chi connectivity index (χ4v) is 2.79. The molecule has 3 nitrogen and oxygen atoms in total. The molecule has 0 aliphatic heterocycles. The van der Waals surface area contributed by atoms with Gasteiger partial charge in [0.05, 0.1) is 0 Å². The minimum absolute atomic E-state index is 0.0179. The van der Waals surface area contributed by atoms with Crippen molar-refractivity contribution in [2.75, 3.05) is 5.73 Å². The number of amides is 1. The molecule has 0 spiro atoms. The van der Waals surface area contributed by atoms with E-state index >= 15 is 0 Å². The standard InChI is InChI=1S/C16H24N2O/c1-11-5-3-6-13(10-9-11)18-16(19)14-7-4-8-15(17)12(14)2/h4,7-8,11,13H,3,5-6,9-10,17H2,1-2H3,(H,18,19). The van der Waals surface area contributed by atoms with Gasteiger partial charge in [-0.3, -0.25) is 4.79 Å². The van der Waals surface area contributed by atoms with Crippen LogP contribution in [0, 0.1) is 12.8 Å². The first-order valence-electron chi connectivity index (χ1n) is 7.24. The van der Waals surface area contributed by atoms with Gasteiger partial charge in [-0.05, 0) is 49.8 Å². The molecule has 19 heavy (non-hydrogen) atoms. The zero-order valence-corrected chi connectivity index (χ0v) is 11.9. The number of anilines is 1. The highest BCUT2D eigenvalue weighted by atomic mass is 16.1. The van der Waals surface area contributed by atoms with Gasteiger partial charge in [-0.2, -0.15) is 0 Å². The lowest BCUT2D eigenvalue weighted by atomic mass is 10.0. The second-order valence-corrected chi connectivity index (χ2v) is 5.80. The highest BCUT2D eigenvalue weighted by Gasteiger charge is 2.19. The van der Waals surface area contributed by atoms with Crippen LogP contribution in [0.3, 0.4) is 0 Å². The largest absolute Gasteiger partial charge is 0.398 e. The molecule has 0 aromatic heterocycles. The summed E-state index contributed by atoms with van der Waals surface area (Å²) in [6.07, 6.45) is 5.89. The fourth-order valence-electron chi connectivity index (χ4n) is 2.79. The summed E-state index contributed by atoms with van der Waals surface area (Å²) in [6.45, 7) is 4.20. The zero-order valence-electron chi connectivity index (χ0n) is 11.9. The van der Waals surface area contributed by atoms with Crippen LogP contribution in [-0.2, 0) is 0 Å². The summed E-state index contributed by atoms with van der Waals surface area (Å²) < 4.78 is 0. The minimum atomic E-state index is 0.0179. The van der Waals surface area contributed by atoms with E-state index < -0.39 is 0 Å². The zero-order chi connectivity index (χ0) is 13.8. The lowest BCUT2D eigenvalue weighted by Crippen LogP contribution is -2.34. The highest BCUT2D eigenvalue weighted by molar-refractivity contribution is 5.97. The first-order chi connectivity index (χ1) is 9.08. The summed E-state index contributed by atoms with van der Waals surface area (Å²) in [6, 6.07) is 5.84. The summed E-state index contributed by atoms with van der Waals surface area (Å²) in [4.78, 5) is 12.3. The molecule has 2 atom stereocenters. The third kappa shape index (κ3) is 3.49. The molecule has 2 rings (SSSR count). The van der Waals surface area contributed by atoms with Crippen LogP contribution in [0.1, 0.15) is 54.9 Å². The predicted molar refractivity (Wildman–Crippen MR) is 79.1 cm³/mol. The molecule has 3 heteroatoms. The van der Waals surface area contributed by atoms with Gasteiger partial charge in [0.25, 0.3) is 5.91 Å². The Balaban J connectivity index is 2.02. The average Bonchev–Trinajstić information content (AvgIpc) is 2.58. The third-order valence-electron chi connectivity index (χ3n) is 4.21. The van der Waals surface area contributed by atoms with E-state index in [1.54, 1.807) is 0 Å². The fraction of sp³-hybridized carbons (Fsp3) is 0.562. The number of carbonyl (C=O) groups is 1. The summed E-state index contributed by atoms with van der Waals surface area (Å²) >= 11 is 0. The maximum absolute atomic E-state index is 12.3. The molecule has 1 aliphatic carbocycles. The van der Waals surface area contributed by atoms with Gasteiger partial charge in [0.1, 0.15) is 0 Å². The second kappa shape index (κ2) is 6.09. The number of nitrogens with one attached hydrogen (secondary N) is 1. The van der Waals surface area contributed by atoms with Gasteiger partial charge in [-0.1, -0.05) is 25.8 Å². The number of rotatable bonds is 2. The van der Waals surface area contributed by atoms with E-state index in [4.69, 9.17) is 5.73 Å². The van der Waals surface area contributed by atoms with Gasteiger partial charge in [0.2, 0.25) is 0 Å². The van der Waals surface area contributed by atoms with Crippen LogP contribution in [-0.4, -0.2) is 11.9 Å². The molecule has 0 bridgehead atoms. The molecule has 1 amide bonds. The molecule has 1 aromatic rings. The molecule has 104 valence electrons. The van der Waals surface area contributed by atoms with Crippen molar-refractivity contribution in [3.8, 4) is 0 Å². The van der Waals surface area contributed by atoms with Gasteiger partial charge in [-0.25, -0.2) is 0 Å². The predicted octanol–water partition coefficient (Wildman–Crippen LogP) is 3.28. The molecule has 1 fully saturated rings. The number of carbonyl (C=O) groups excluding carboxylic acids is 1. The molecule has 2 unspecified atom stereocenters. The summed E-state index contributed by atoms with van der Waals surface area (Å²) in [7, 11) is 0. The molecule has 1 saturated carbocycles. The molecular weight excluding hydrogens is 236 g/mol. The van der Waals surface area contributed by atoms with Crippen molar-refractivity contribution in [3.63, 3.8) is 0 Å². The number of nitrogens with two attached hydrogens (primary N) is 1. The van der Waals surface area contributed by atoms with Crippen molar-refractivity contribution < 1.29 is 4.79 Å². The molecule has 0 heterocycles. The Bertz CT molecular complexity index is 456. The average molecular weight is 260 g/mol. The van der Waals surface area contributed by atoms with Crippen LogP contribution in [0.15, 0.2) is 18.2 Å². The monoisotopic (exact) mass is 260 g/mol. The van der Waals surface area contributed by atoms with Gasteiger partial charge in [-0.15, -0.1) is 0 Å². The number of hydrogen-bond acceptors (Lipinski definition) is 2. The Morgan fingerprint density at radius 2 is 2.05 bits per heavy atom. The topological polar surface area (TPSA) is 55.1 Å². The summed E-state index contributed by atoms with van der Waals surface area (Å²) in [5.41, 5.74) is 8.12. The normalized spacial score (nSPS) is 23.7. The smallest absolute Gasteiger partial charge is 0.251 e. The number of nitrogen functional groups attached to an aromatic ring is 1. The Hall–Kier alpha value is -1.51. The molecule has 0 radical (unpaired) electrons. The van der Waals surface area contributed by atoms with Crippen molar-refractivity contribution in [3.05, 3.63) is 29.3 Å². The van der Waals surface area contributed by atoms with E-state index in [9.17, 15) is 4.79 Å². The van der Waals surface area contributed by atoms with E-state index in [-0.39, 0.29) is 5.91 Å². The van der Waals surface area contributed by atoms with Crippen molar-refractivity contribution in [1.82, 2.24) is 5.32 Å². The lowest BCUT2D eigenvalue weighted by Gasteiger charge is -2.17. The maximum Gasteiger partial charge on any atom is 0.251 e. The van der Waals surface area contributed by atoms with Crippen LogP contribution in [0.5, 0.6) is 0 Å². The Labute approximate surface area is 115 Å². The second-order valence-electron chi connectivity index (χ2n) is 5.80. The Kier molecular flexibility index (Phi) is 4.46. The minimum Gasteiger partial charge on any atom is -0.398 e. The number of hydrogen-bond donors (Lipinski definition) is 2. The van der Waals surface area contributed by atoms with E-state index in [1.165, 1.54) is 19.3 Å². The van der Waals surface area contributed by atoms with Gasteiger partial charge >= 0.3 is 0 Å². The van der Waals surface area contributed by atoms with Gasteiger partial charge in [0, 0.05) is 17.3 Å². The van der Waals surface area contributed by atoms with Crippen molar-refractivity contribution in [2.45, 2.75) is 52.0 Å². The first kappa shape index (κ1) is 13.9. The van der Waals surface area contributed by atoms with Crippen LogP contribution in [0.25, 0.3) is 0 Å². The Morgan fingerprint density at radius 3 is 2.84 bits per heavy atom. The number of benzene rings is 1. The summed E-state index contributed by atoms with van der Waals surface area (Å²) in [5.74, 6) is 0.806. The first-order valence-corrected chi connectivity index (χ1v) is 7.24. The lowest BCUT2D eigenvalue weighted by molar-refractivity contribution is 0.0932. The molecule has 0 saturated heterocycles. The Morgan fingerprint density at radius 1 is 1.26 bits per heavy atom. The van der Waals surface area contributed by atoms with E-state index in [2.05, 4.69) is 12.2 Å².